The average molecular weight is 509 g/mol. The van der Waals surface area contributed by atoms with Gasteiger partial charge in [0.2, 0.25) is 0 Å². The number of allylic oxidation sites excluding steroid dienone is 1. The van der Waals surface area contributed by atoms with E-state index in [0.717, 1.165) is 16.7 Å². The summed E-state index contributed by atoms with van der Waals surface area (Å²) in [6.45, 7) is 5.47. The number of hydrogen-bond donors (Lipinski definition) is 3. The second-order valence-corrected chi connectivity index (χ2v) is 10.2. The highest BCUT2D eigenvalue weighted by Crippen LogP contribution is 2.30. The van der Waals surface area contributed by atoms with E-state index in [0.29, 0.717) is 37.8 Å². The summed E-state index contributed by atoms with van der Waals surface area (Å²) in [7, 11) is 0. The van der Waals surface area contributed by atoms with Gasteiger partial charge in [-0.2, -0.15) is 0 Å². The lowest BCUT2D eigenvalue weighted by molar-refractivity contribution is -0.136. The van der Waals surface area contributed by atoms with Gasteiger partial charge in [0.05, 0.1) is 5.69 Å². The van der Waals surface area contributed by atoms with Gasteiger partial charge in [0.15, 0.2) is 0 Å². The summed E-state index contributed by atoms with van der Waals surface area (Å²) in [6.07, 6.45) is 5.61. The van der Waals surface area contributed by atoms with Crippen LogP contribution in [0.3, 0.4) is 0 Å². The fraction of sp³-hybridized carbons (Fsp3) is 0.414. The molecule has 0 aliphatic heterocycles. The highest BCUT2D eigenvalue weighted by Gasteiger charge is 2.27. The number of aliphatic carboxylic acids is 1. The number of carbonyl (C=O) groups is 3. The highest BCUT2D eigenvalue weighted by atomic mass is 16.6. The fourth-order valence-electron chi connectivity index (χ4n) is 4.15. The molecule has 1 aliphatic carbocycles. The molecule has 1 aliphatic rings. The van der Waals surface area contributed by atoms with Crippen molar-refractivity contribution in [3.8, 4) is 11.1 Å². The lowest BCUT2D eigenvalue weighted by Gasteiger charge is -2.30. The second kappa shape index (κ2) is 12.9. The number of carboxylic acids is 1. The van der Waals surface area contributed by atoms with Crippen LogP contribution in [0.4, 0.5) is 15.3 Å². The average Bonchev–Trinajstić information content (AvgIpc) is 2.82. The van der Waals surface area contributed by atoms with Crippen LogP contribution in [-0.2, 0) is 14.3 Å². The van der Waals surface area contributed by atoms with Crippen molar-refractivity contribution in [1.82, 2.24) is 5.32 Å². The van der Waals surface area contributed by atoms with E-state index in [1.165, 1.54) is 0 Å². The van der Waals surface area contributed by atoms with Crippen molar-refractivity contribution >= 4 is 29.9 Å². The number of anilines is 1. The number of hydrogen-bond acceptors (Lipinski definition) is 5. The highest BCUT2D eigenvalue weighted by molar-refractivity contribution is 5.92. The predicted octanol–water partition coefficient (Wildman–Crippen LogP) is 6.62. The van der Waals surface area contributed by atoms with Crippen LogP contribution in [0.1, 0.15) is 64.9 Å². The number of carboxylic acid groups (broad SMARTS) is 1. The number of rotatable bonds is 8. The van der Waals surface area contributed by atoms with E-state index in [1.54, 1.807) is 6.08 Å². The molecule has 2 aromatic rings. The summed E-state index contributed by atoms with van der Waals surface area (Å²) in [5, 5.41) is 14.6. The molecule has 2 amide bonds. The van der Waals surface area contributed by atoms with Gasteiger partial charge in [0.1, 0.15) is 11.7 Å². The molecule has 0 unspecified atom stereocenters. The van der Waals surface area contributed by atoms with E-state index in [2.05, 4.69) is 10.6 Å². The third kappa shape index (κ3) is 9.63. The van der Waals surface area contributed by atoms with E-state index < -0.39 is 23.8 Å². The quantitative estimate of drug-likeness (QED) is 0.369. The Balaban J connectivity index is 1.61. The molecule has 1 fully saturated rings. The van der Waals surface area contributed by atoms with Gasteiger partial charge < -0.3 is 19.9 Å². The maximum absolute atomic E-state index is 12.8. The van der Waals surface area contributed by atoms with Gasteiger partial charge >= 0.3 is 18.2 Å². The molecule has 0 saturated heterocycles. The Labute approximate surface area is 218 Å². The Morgan fingerprint density at radius 3 is 2.35 bits per heavy atom. The molecule has 1 saturated carbocycles. The standard InChI is InChI=1S/C29H36N2O6/c1-29(2,3)37-28(35)30-22-14-16-23(17-15-22)36-27(34)31-25-19-20(9-7-8-12-26(32)33)13-18-24(25)21-10-5-4-6-11-21/h4-7,9-11,13,18-19,22-23H,8,12,14-17H2,1-3H3,(H,30,35)(H,31,34)(H,32,33)/b9-7+. The van der Waals surface area contributed by atoms with Crippen LogP contribution in [0, 0.1) is 0 Å². The minimum Gasteiger partial charge on any atom is -0.481 e. The molecular formula is C29H36N2O6. The molecular weight excluding hydrogens is 472 g/mol. The molecule has 8 heteroatoms. The Morgan fingerprint density at radius 1 is 1.00 bits per heavy atom. The SMILES string of the molecule is CC(C)(C)OC(=O)NC1CCC(OC(=O)Nc2cc(/C=C/CCC(=O)O)ccc2-c2ccccc2)CC1. The molecule has 0 radical (unpaired) electrons. The summed E-state index contributed by atoms with van der Waals surface area (Å²) in [5.41, 5.74) is 2.71. The van der Waals surface area contributed by atoms with E-state index in [4.69, 9.17) is 14.6 Å². The molecule has 2 aromatic carbocycles. The van der Waals surface area contributed by atoms with Crippen molar-refractivity contribution in [2.45, 2.75) is 77.0 Å². The zero-order valence-corrected chi connectivity index (χ0v) is 21.7. The van der Waals surface area contributed by atoms with Gasteiger partial charge in [-0.05, 0) is 70.1 Å². The first kappa shape index (κ1) is 27.8. The number of alkyl carbamates (subject to hydrolysis) is 1. The Hall–Kier alpha value is -3.81. The van der Waals surface area contributed by atoms with Crippen molar-refractivity contribution in [2.75, 3.05) is 5.32 Å². The van der Waals surface area contributed by atoms with E-state index in [1.807, 2.05) is 75.4 Å². The lowest BCUT2D eigenvalue weighted by Crippen LogP contribution is -2.42. The molecule has 198 valence electrons. The molecule has 0 spiro atoms. The third-order valence-electron chi connectivity index (χ3n) is 5.87. The zero-order chi connectivity index (χ0) is 26.8. The van der Waals surface area contributed by atoms with Crippen molar-refractivity contribution in [2.24, 2.45) is 0 Å². The topological polar surface area (TPSA) is 114 Å². The Bertz CT molecular complexity index is 1100. The van der Waals surface area contributed by atoms with Crippen molar-refractivity contribution in [3.63, 3.8) is 0 Å². The Kier molecular flexibility index (Phi) is 9.71. The lowest BCUT2D eigenvalue weighted by atomic mass is 9.93. The monoisotopic (exact) mass is 508 g/mol. The van der Waals surface area contributed by atoms with Gasteiger partial charge in [-0.3, -0.25) is 10.1 Å². The molecule has 37 heavy (non-hydrogen) atoms. The van der Waals surface area contributed by atoms with Crippen LogP contribution in [0.25, 0.3) is 17.2 Å². The first-order valence-corrected chi connectivity index (χ1v) is 12.6. The first-order valence-electron chi connectivity index (χ1n) is 12.6. The molecule has 3 N–H and O–H groups in total. The van der Waals surface area contributed by atoms with Gasteiger partial charge in [-0.15, -0.1) is 0 Å². The zero-order valence-electron chi connectivity index (χ0n) is 21.7. The van der Waals surface area contributed by atoms with Gasteiger partial charge in [-0.1, -0.05) is 54.6 Å². The van der Waals surface area contributed by atoms with Gasteiger partial charge in [-0.25, -0.2) is 9.59 Å². The molecule has 8 nitrogen and oxygen atoms in total. The summed E-state index contributed by atoms with van der Waals surface area (Å²) >= 11 is 0. The summed E-state index contributed by atoms with van der Waals surface area (Å²) < 4.78 is 11.0. The number of ether oxygens (including phenoxy) is 2. The largest absolute Gasteiger partial charge is 0.481 e. The van der Waals surface area contributed by atoms with E-state index in [9.17, 15) is 14.4 Å². The van der Waals surface area contributed by atoms with Crippen LogP contribution in [-0.4, -0.2) is 41.0 Å². The van der Waals surface area contributed by atoms with Crippen LogP contribution < -0.4 is 10.6 Å². The predicted molar refractivity (Wildman–Crippen MR) is 143 cm³/mol. The van der Waals surface area contributed by atoms with Gasteiger partial charge in [0.25, 0.3) is 0 Å². The van der Waals surface area contributed by atoms with Crippen LogP contribution >= 0.6 is 0 Å². The van der Waals surface area contributed by atoms with Gasteiger partial charge in [0, 0.05) is 18.0 Å². The minimum atomic E-state index is -0.844. The van der Waals surface area contributed by atoms with E-state index >= 15 is 0 Å². The first-order chi connectivity index (χ1) is 17.6. The number of carbonyl (C=O) groups excluding carboxylic acids is 2. The minimum absolute atomic E-state index is 0.00737. The second-order valence-electron chi connectivity index (χ2n) is 10.2. The Morgan fingerprint density at radius 2 is 1.70 bits per heavy atom. The normalized spacial score (nSPS) is 17.7. The molecule has 3 rings (SSSR count). The maximum atomic E-state index is 12.8. The van der Waals surface area contributed by atoms with Crippen molar-refractivity contribution in [3.05, 3.63) is 60.2 Å². The summed E-state index contributed by atoms with van der Waals surface area (Å²) in [5.74, 6) is -0.844. The number of benzene rings is 2. The summed E-state index contributed by atoms with van der Waals surface area (Å²) in [6, 6.07) is 15.4. The number of nitrogens with one attached hydrogen (secondary N) is 2. The smallest absolute Gasteiger partial charge is 0.411 e. The van der Waals surface area contributed by atoms with Crippen LogP contribution in [0.2, 0.25) is 0 Å². The van der Waals surface area contributed by atoms with Crippen LogP contribution in [0.5, 0.6) is 0 Å². The molecule has 0 atom stereocenters. The molecule has 0 heterocycles. The maximum Gasteiger partial charge on any atom is 0.411 e. The van der Waals surface area contributed by atoms with E-state index in [-0.39, 0.29) is 18.6 Å². The number of amides is 2. The van der Waals surface area contributed by atoms with Crippen molar-refractivity contribution < 1.29 is 29.0 Å². The molecule has 0 aromatic heterocycles. The fourth-order valence-corrected chi connectivity index (χ4v) is 4.15. The van der Waals surface area contributed by atoms with Crippen molar-refractivity contribution in [1.29, 1.82) is 0 Å². The molecule has 0 bridgehead atoms. The van der Waals surface area contributed by atoms with Crippen LogP contribution in [0.15, 0.2) is 54.6 Å². The third-order valence-corrected chi connectivity index (χ3v) is 5.87. The summed E-state index contributed by atoms with van der Waals surface area (Å²) in [4.78, 5) is 35.6.